The Bertz CT molecular complexity index is 614. The number of carbonyl (C=O) groups excluding carboxylic acids is 1. The summed E-state index contributed by atoms with van der Waals surface area (Å²) in [6.45, 7) is 2.04. The Balaban J connectivity index is 2.38. The highest BCUT2D eigenvalue weighted by molar-refractivity contribution is 9.10. The van der Waals surface area contributed by atoms with Crippen molar-refractivity contribution in [3.8, 4) is 11.1 Å². The van der Waals surface area contributed by atoms with Gasteiger partial charge in [-0.05, 0) is 35.7 Å². The summed E-state index contributed by atoms with van der Waals surface area (Å²) in [5.41, 5.74) is 4.89. The van der Waals surface area contributed by atoms with E-state index < -0.39 is 0 Å². The van der Waals surface area contributed by atoms with Crippen LogP contribution in [-0.4, -0.2) is 5.78 Å². The lowest BCUT2D eigenvalue weighted by Gasteiger charge is -2.03. The van der Waals surface area contributed by atoms with Gasteiger partial charge in [0, 0.05) is 15.6 Å². The van der Waals surface area contributed by atoms with Crippen molar-refractivity contribution in [3.63, 3.8) is 0 Å². The molecular formula is C14H9BrO. The Morgan fingerprint density at radius 2 is 1.62 bits per heavy atom. The number of rotatable bonds is 0. The quantitative estimate of drug-likeness (QED) is 0.605. The number of halogens is 1. The molecule has 0 aromatic heterocycles. The molecule has 1 aliphatic rings. The molecule has 0 heterocycles. The molecule has 2 aromatic carbocycles. The first-order valence-corrected chi connectivity index (χ1v) is 5.92. The highest BCUT2D eigenvalue weighted by Crippen LogP contribution is 2.38. The number of ketones is 1. The second kappa shape index (κ2) is 3.29. The molecule has 2 heteroatoms. The van der Waals surface area contributed by atoms with Gasteiger partial charge < -0.3 is 0 Å². The van der Waals surface area contributed by atoms with Crippen LogP contribution in [0.4, 0.5) is 0 Å². The molecule has 0 atom stereocenters. The van der Waals surface area contributed by atoms with Crippen LogP contribution in [0, 0.1) is 6.92 Å². The van der Waals surface area contributed by atoms with Crippen molar-refractivity contribution in [2.75, 3.05) is 0 Å². The lowest BCUT2D eigenvalue weighted by Crippen LogP contribution is -1.94. The van der Waals surface area contributed by atoms with Gasteiger partial charge in [-0.25, -0.2) is 0 Å². The monoisotopic (exact) mass is 272 g/mol. The minimum absolute atomic E-state index is 0.131. The zero-order valence-electron chi connectivity index (χ0n) is 8.75. The average Bonchev–Trinajstić information content (AvgIpc) is 2.55. The Labute approximate surface area is 102 Å². The minimum atomic E-state index is 0.131. The zero-order chi connectivity index (χ0) is 11.3. The van der Waals surface area contributed by atoms with Crippen LogP contribution in [0.1, 0.15) is 21.5 Å². The molecule has 1 nitrogen and oxygen atoms in total. The van der Waals surface area contributed by atoms with E-state index in [1.54, 1.807) is 0 Å². The molecule has 0 saturated carbocycles. The molecule has 78 valence electrons. The van der Waals surface area contributed by atoms with E-state index in [-0.39, 0.29) is 5.78 Å². The molecule has 16 heavy (non-hydrogen) atoms. The van der Waals surface area contributed by atoms with E-state index in [0.29, 0.717) is 0 Å². The summed E-state index contributed by atoms with van der Waals surface area (Å²) in [5, 5.41) is 0. The largest absolute Gasteiger partial charge is 0.289 e. The van der Waals surface area contributed by atoms with Gasteiger partial charge in [0.2, 0.25) is 0 Å². The fourth-order valence-corrected chi connectivity index (χ4v) is 2.50. The van der Waals surface area contributed by atoms with Gasteiger partial charge in [-0.3, -0.25) is 4.79 Å². The fraction of sp³-hybridized carbons (Fsp3) is 0.0714. The van der Waals surface area contributed by atoms with Gasteiger partial charge in [-0.2, -0.15) is 0 Å². The standard InChI is InChI=1S/C14H9BrO/c1-8-6-11-9-4-2-3-5-10(9)14(16)12(11)7-13(8)15/h2-7H,1H3. The number of hydrogen-bond donors (Lipinski definition) is 0. The summed E-state index contributed by atoms with van der Waals surface area (Å²) in [6, 6.07) is 11.8. The Morgan fingerprint density at radius 1 is 0.938 bits per heavy atom. The molecule has 0 radical (unpaired) electrons. The van der Waals surface area contributed by atoms with Crippen molar-refractivity contribution in [2.24, 2.45) is 0 Å². The molecule has 0 unspecified atom stereocenters. The Hall–Kier alpha value is -1.41. The predicted molar refractivity (Wildman–Crippen MR) is 67.7 cm³/mol. The number of fused-ring (bicyclic) bond motifs is 3. The number of carbonyl (C=O) groups is 1. The van der Waals surface area contributed by atoms with Crippen LogP contribution in [0.5, 0.6) is 0 Å². The number of benzene rings is 2. The maximum atomic E-state index is 12.1. The van der Waals surface area contributed by atoms with E-state index in [1.807, 2.05) is 37.3 Å². The van der Waals surface area contributed by atoms with Crippen LogP contribution < -0.4 is 0 Å². The molecule has 2 aromatic rings. The van der Waals surface area contributed by atoms with Gasteiger partial charge in [0.05, 0.1) is 0 Å². The summed E-state index contributed by atoms with van der Waals surface area (Å²) >= 11 is 3.47. The second-order valence-electron chi connectivity index (χ2n) is 4.02. The molecule has 0 N–H and O–H groups in total. The maximum Gasteiger partial charge on any atom is 0.194 e. The van der Waals surface area contributed by atoms with Crippen molar-refractivity contribution < 1.29 is 4.79 Å². The molecule has 0 bridgehead atoms. The highest BCUT2D eigenvalue weighted by atomic mass is 79.9. The lowest BCUT2D eigenvalue weighted by atomic mass is 10.0. The van der Waals surface area contributed by atoms with E-state index in [9.17, 15) is 4.79 Å². The van der Waals surface area contributed by atoms with Crippen LogP contribution in [0.2, 0.25) is 0 Å². The normalized spacial score (nSPS) is 12.5. The molecular weight excluding hydrogens is 264 g/mol. The van der Waals surface area contributed by atoms with E-state index in [0.717, 1.165) is 32.3 Å². The smallest absolute Gasteiger partial charge is 0.194 e. The van der Waals surface area contributed by atoms with Crippen molar-refractivity contribution in [3.05, 3.63) is 57.6 Å². The number of aryl methyl sites for hydroxylation is 1. The van der Waals surface area contributed by atoms with Gasteiger partial charge in [-0.15, -0.1) is 0 Å². The molecule has 3 rings (SSSR count). The van der Waals surface area contributed by atoms with Crippen LogP contribution in [-0.2, 0) is 0 Å². The molecule has 0 spiro atoms. The molecule has 0 saturated heterocycles. The molecule has 1 aliphatic carbocycles. The van der Waals surface area contributed by atoms with Crippen LogP contribution >= 0.6 is 15.9 Å². The third-order valence-electron chi connectivity index (χ3n) is 3.01. The Morgan fingerprint density at radius 3 is 2.38 bits per heavy atom. The predicted octanol–water partition coefficient (Wildman–Crippen LogP) is 3.97. The summed E-state index contributed by atoms with van der Waals surface area (Å²) in [5.74, 6) is 0.131. The highest BCUT2D eigenvalue weighted by Gasteiger charge is 2.26. The van der Waals surface area contributed by atoms with Crippen molar-refractivity contribution in [1.29, 1.82) is 0 Å². The van der Waals surface area contributed by atoms with Crippen LogP contribution in [0.25, 0.3) is 11.1 Å². The first kappa shape index (κ1) is 9.79. The number of hydrogen-bond acceptors (Lipinski definition) is 1. The summed E-state index contributed by atoms with van der Waals surface area (Å²) in [7, 11) is 0. The molecule has 0 amide bonds. The maximum absolute atomic E-state index is 12.1. The lowest BCUT2D eigenvalue weighted by molar-refractivity contribution is 0.104. The van der Waals surface area contributed by atoms with Gasteiger partial charge in [0.25, 0.3) is 0 Å². The van der Waals surface area contributed by atoms with Crippen LogP contribution in [0.3, 0.4) is 0 Å². The summed E-state index contributed by atoms with van der Waals surface area (Å²) in [6.07, 6.45) is 0. The fourth-order valence-electron chi connectivity index (χ4n) is 2.15. The van der Waals surface area contributed by atoms with E-state index in [2.05, 4.69) is 22.0 Å². The van der Waals surface area contributed by atoms with Gasteiger partial charge in [-0.1, -0.05) is 40.2 Å². The first-order chi connectivity index (χ1) is 7.68. The van der Waals surface area contributed by atoms with Gasteiger partial charge in [0.1, 0.15) is 0 Å². The van der Waals surface area contributed by atoms with Crippen molar-refractivity contribution in [1.82, 2.24) is 0 Å². The first-order valence-electron chi connectivity index (χ1n) is 5.13. The van der Waals surface area contributed by atoms with Crippen LogP contribution in [0.15, 0.2) is 40.9 Å². The van der Waals surface area contributed by atoms with E-state index in [1.165, 1.54) is 0 Å². The van der Waals surface area contributed by atoms with Gasteiger partial charge >= 0.3 is 0 Å². The second-order valence-corrected chi connectivity index (χ2v) is 4.88. The zero-order valence-corrected chi connectivity index (χ0v) is 10.3. The van der Waals surface area contributed by atoms with E-state index >= 15 is 0 Å². The third-order valence-corrected chi connectivity index (χ3v) is 3.86. The van der Waals surface area contributed by atoms with Gasteiger partial charge in [0.15, 0.2) is 5.78 Å². The minimum Gasteiger partial charge on any atom is -0.289 e. The SMILES string of the molecule is Cc1cc2c(cc1Br)C(=O)c1ccccc1-2. The average molecular weight is 273 g/mol. The summed E-state index contributed by atoms with van der Waals surface area (Å²) in [4.78, 5) is 12.1. The van der Waals surface area contributed by atoms with Crippen molar-refractivity contribution in [2.45, 2.75) is 6.92 Å². The Kier molecular flexibility index (Phi) is 2.01. The topological polar surface area (TPSA) is 17.1 Å². The summed E-state index contributed by atoms with van der Waals surface area (Å²) < 4.78 is 0.993. The molecule has 0 fully saturated rings. The third kappa shape index (κ3) is 1.20. The van der Waals surface area contributed by atoms with Crippen molar-refractivity contribution >= 4 is 21.7 Å². The van der Waals surface area contributed by atoms with E-state index in [4.69, 9.17) is 0 Å². The molecule has 0 aliphatic heterocycles.